The summed E-state index contributed by atoms with van der Waals surface area (Å²) in [6.45, 7) is 2.84. The molecule has 0 amide bonds. The van der Waals surface area contributed by atoms with E-state index in [9.17, 15) is 4.79 Å². The number of aromatic nitrogens is 2. The van der Waals surface area contributed by atoms with Crippen LogP contribution in [-0.2, 0) is 4.79 Å². The van der Waals surface area contributed by atoms with Gasteiger partial charge in [-0.25, -0.2) is 5.10 Å². The Balaban J connectivity index is 0.000000399. The Bertz CT molecular complexity index is 663. The Morgan fingerprint density at radius 2 is 1.84 bits per heavy atom. The van der Waals surface area contributed by atoms with Crippen LogP contribution in [0.5, 0.6) is 0 Å². The van der Waals surface area contributed by atoms with Crippen LogP contribution in [0.2, 0.25) is 0 Å². The number of thiocarbonyl (C=S) groups is 1. The lowest BCUT2D eigenvalue weighted by molar-refractivity contribution is -0.134. The molecule has 100 valence electrons. The van der Waals surface area contributed by atoms with E-state index in [-0.39, 0.29) is 5.56 Å². The number of hydrogen-bond acceptors (Lipinski definition) is 4. The molecule has 0 spiro atoms. The molecule has 0 unspecified atom stereocenters. The summed E-state index contributed by atoms with van der Waals surface area (Å²) in [6.07, 6.45) is 0. The van der Waals surface area contributed by atoms with Crippen molar-refractivity contribution in [2.24, 2.45) is 0 Å². The highest BCUT2D eigenvalue weighted by Gasteiger charge is 2.04. The summed E-state index contributed by atoms with van der Waals surface area (Å²) < 4.78 is 0. The van der Waals surface area contributed by atoms with Crippen molar-refractivity contribution in [3.8, 4) is 0 Å². The molecule has 0 aliphatic carbocycles. The molecule has 0 saturated carbocycles. The Labute approximate surface area is 114 Å². The lowest BCUT2D eigenvalue weighted by Gasteiger charge is -2.05. The molecule has 0 bridgehead atoms. The third kappa shape index (κ3) is 4.47. The molecular weight excluding hydrogens is 266 g/mol. The predicted octanol–water partition coefficient (Wildman–Crippen LogP) is 1.77. The number of nitrogens with zero attached hydrogens (tertiary/aromatic N) is 1. The maximum absolute atomic E-state index is 11.4. The van der Waals surface area contributed by atoms with Crippen LogP contribution in [0.4, 0.5) is 5.82 Å². The van der Waals surface area contributed by atoms with Crippen LogP contribution >= 0.6 is 12.2 Å². The number of carbonyl (C=O) groups is 1. The average Bonchev–Trinajstić information content (AvgIpc) is 2.32. The fourth-order valence-electron chi connectivity index (χ4n) is 1.38. The first-order valence-electron chi connectivity index (χ1n) is 5.36. The second-order valence-corrected chi connectivity index (χ2v) is 4.26. The van der Waals surface area contributed by atoms with Crippen LogP contribution < -0.4 is 10.9 Å². The molecule has 1 heterocycles. The van der Waals surface area contributed by atoms with Gasteiger partial charge in [0.05, 0.1) is 10.4 Å². The number of fused-ring (bicyclic) bond motifs is 1. The Morgan fingerprint density at radius 1 is 1.32 bits per heavy atom. The van der Waals surface area contributed by atoms with Gasteiger partial charge < -0.3 is 10.4 Å². The minimum Gasteiger partial charge on any atom is -0.481 e. The highest BCUT2D eigenvalue weighted by Crippen LogP contribution is 2.16. The number of carboxylic acids is 1. The number of benzene rings is 1. The molecule has 19 heavy (non-hydrogen) atoms. The number of hydrogen-bond donors (Lipinski definition) is 3. The highest BCUT2D eigenvalue weighted by atomic mass is 32.1. The van der Waals surface area contributed by atoms with E-state index in [1.807, 2.05) is 18.2 Å². The molecule has 2 aromatic rings. The van der Waals surface area contributed by atoms with Gasteiger partial charge >= 0.3 is 0 Å². The molecule has 7 heteroatoms. The number of H-pyrrole nitrogens is 1. The van der Waals surface area contributed by atoms with E-state index in [1.165, 1.54) is 0 Å². The topological polar surface area (TPSA) is 95.1 Å². The number of nitrogens with one attached hydrogen (secondary N) is 2. The van der Waals surface area contributed by atoms with Crippen LogP contribution in [-0.4, -0.2) is 26.3 Å². The van der Waals surface area contributed by atoms with E-state index in [4.69, 9.17) is 22.1 Å². The summed E-state index contributed by atoms with van der Waals surface area (Å²) >= 11 is 4.93. The van der Waals surface area contributed by atoms with Crippen molar-refractivity contribution in [3.05, 3.63) is 34.6 Å². The fraction of sp³-hybridized carbons (Fsp3) is 0.167. The van der Waals surface area contributed by atoms with Crippen LogP contribution in [0, 0.1) is 0 Å². The molecule has 2 rings (SSSR count). The molecule has 0 aliphatic heterocycles. The van der Waals surface area contributed by atoms with Crippen molar-refractivity contribution >= 4 is 39.8 Å². The van der Waals surface area contributed by atoms with Crippen molar-refractivity contribution in [2.75, 3.05) is 5.32 Å². The standard InChI is InChI=1S/C10H9N3OS.C2H4O2/c1-6(15)11-9-7-4-2-3-5-8(7)10(14)13-12-9;1-2(3)4/h2-5H,1H3,(H,13,14)(H,11,12,15);1H3,(H,3,4). The predicted molar refractivity (Wildman–Crippen MR) is 77.6 cm³/mol. The largest absolute Gasteiger partial charge is 0.481 e. The molecule has 0 atom stereocenters. The van der Waals surface area contributed by atoms with E-state index in [2.05, 4.69) is 15.5 Å². The second-order valence-electron chi connectivity index (χ2n) is 3.65. The zero-order valence-corrected chi connectivity index (χ0v) is 11.2. The summed E-state index contributed by atoms with van der Waals surface area (Å²) in [4.78, 5) is 21.0. The van der Waals surface area contributed by atoms with Gasteiger partial charge in [-0.1, -0.05) is 30.4 Å². The molecule has 1 aromatic carbocycles. The molecular formula is C12H13N3O3S. The van der Waals surface area contributed by atoms with Gasteiger partial charge in [0, 0.05) is 12.3 Å². The minimum atomic E-state index is -0.833. The first kappa shape index (κ1) is 14.8. The van der Waals surface area contributed by atoms with Crippen molar-refractivity contribution in [2.45, 2.75) is 13.8 Å². The summed E-state index contributed by atoms with van der Waals surface area (Å²) in [5.41, 5.74) is -0.196. The summed E-state index contributed by atoms with van der Waals surface area (Å²) in [6, 6.07) is 7.25. The maximum atomic E-state index is 11.4. The van der Waals surface area contributed by atoms with Crippen molar-refractivity contribution in [1.82, 2.24) is 10.2 Å². The Morgan fingerprint density at radius 3 is 2.37 bits per heavy atom. The lowest BCUT2D eigenvalue weighted by Crippen LogP contribution is -2.13. The molecule has 0 radical (unpaired) electrons. The first-order chi connectivity index (χ1) is 8.91. The molecule has 1 aromatic heterocycles. The SMILES string of the molecule is CC(=O)O.CC(=S)Nc1n[nH]c(=O)c2ccccc12. The summed E-state index contributed by atoms with van der Waals surface area (Å²) in [5, 5.41) is 18.0. The quantitative estimate of drug-likeness (QED) is 0.689. The monoisotopic (exact) mass is 279 g/mol. The van der Waals surface area contributed by atoms with Gasteiger partial charge in [-0.2, -0.15) is 5.10 Å². The Kier molecular flexibility index (Phi) is 5.13. The number of rotatable bonds is 1. The van der Waals surface area contributed by atoms with Crippen molar-refractivity contribution in [1.29, 1.82) is 0 Å². The smallest absolute Gasteiger partial charge is 0.300 e. The Hall–Kier alpha value is -2.28. The van der Waals surface area contributed by atoms with Crippen molar-refractivity contribution in [3.63, 3.8) is 0 Å². The zero-order valence-electron chi connectivity index (χ0n) is 10.4. The van der Waals surface area contributed by atoms with E-state index in [0.29, 0.717) is 16.2 Å². The fourth-order valence-corrected chi connectivity index (χ4v) is 1.47. The average molecular weight is 279 g/mol. The third-order valence-corrected chi connectivity index (χ3v) is 2.09. The van der Waals surface area contributed by atoms with Crippen LogP contribution in [0.3, 0.4) is 0 Å². The van der Waals surface area contributed by atoms with Crippen LogP contribution in [0.15, 0.2) is 29.1 Å². The van der Waals surface area contributed by atoms with Gasteiger partial charge in [0.2, 0.25) is 0 Å². The summed E-state index contributed by atoms with van der Waals surface area (Å²) in [5.74, 6) is -0.252. The molecule has 0 saturated heterocycles. The van der Waals surface area contributed by atoms with E-state index >= 15 is 0 Å². The van der Waals surface area contributed by atoms with E-state index < -0.39 is 5.97 Å². The van der Waals surface area contributed by atoms with Gasteiger partial charge in [0.15, 0.2) is 5.82 Å². The van der Waals surface area contributed by atoms with Crippen LogP contribution in [0.25, 0.3) is 10.8 Å². The second kappa shape index (κ2) is 6.60. The third-order valence-electron chi connectivity index (χ3n) is 1.99. The van der Waals surface area contributed by atoms with Gasteiger partial charge in [-0.15, -0.1) is 0 Å². The normalized spacial score (nSPS) is 9.37. The van der Waals surface area contributed by atoms with Gasteiger partial charge in [-0.05, 0) is 13.0 Å². The van der Waals surface area contributed by atoms with Gasteiger partial charge in [0.25, 0.3) is 11.5 Å². The molecule has 0 fully saturated rings. The number of aromatic amines is 1. The minimum absolute atomic E-state index is 0.196. The first-order valence-corrected chi connectivity index (χ1v) is 5.77. The van der Waals surface area contributed by atoms with Gasteiger partial charge in [0.1, 0.15) is 0 Å². The zero-order chi connectivity index (χ0) is 14.4. The summed E-state index contributed by atoms with van der Waals surface area (Å²) in [7, 11) is 0. The number of anilines is 1. The number of carboxylic acid groups (broad SMARTS) is 1. The van der Waals surface area contributed by atoms with Crippen molar-refractivity contribution < 1.29 is 9.90 Å². The van der Waals surface area contributed by atoms with Crippen LogP contribution in [0.1, 0.15) is 13.8 Å². The van der Waals surface area contributed by atoms with E-state index in [0.717, 1.165) is 12.3 Å². The van der Waals surface area contributed by atoms with E-state index in [1.54, 1.807) is 13.0 Å². The van der Waals surface area contributed by atoms with Gasteiger partial charge in [-0.3, -0.25) is 9.59 Å². The molecule has 3 N–H and O–H groups in total. The molecule has 0 aliphatic rings. The maximum Gasteiger partial charge on any atom is 0.300 e. The number of aliphatic carboxylic acids is 1. The highest BCUT2D eigenvalue weighted by molar-refractivity contribution is 7.80. The lowest BCUT2D eigenvalue weighted by atomic mass is 10.2. The molecule has 6 nitrogen and oxygen atoms in total.